The number of nitrogens with two attached hydrogens (primary N) is 1. The van der Waals surface area contributed by atoms with E-state index in [4.69, 9.17) is 11.0 Å². The summed E-state index contributed by atoms with van der Waals surface area (Å²) in [5, 5.41) is 10.6. The van der Waals surface area contributed by atoms with Gasteiger partial charge in [0.1, 0.15) is 11.6 Å². The number of hydrogen-bond donors (Lipinski definition) is 1. The molecular weight excluding hydrogens is 236 g/mol. The summed E-state index contributed by atoms with van der Waals surface area (Å²) in [5.41, 5.74) is 5.66. The molecule has 2 heterocycles. The first kappa shape index (κ1) is 11.6. The summed E-state index contributed by atoms with van der Waals surface area (Å²) >= 11 is 1.43. The first-order valence-corrected chi connectivity index (χ1v) is 5.95. The van der Waals surface area contributed by atoms with E-state index in [1.54, 1.807) is 18.5 Å². The molecule has 1 aromatic heterocycles. The lowest BCUT2D eigenvalue weighted by atomic mass is 9.94. The van der Waals surface area contributed by atoms with Crippen LogP contribution in [0.15, 0.2) is 16.4 Å². The molecule has 88 valence electrons. The standard InChI is InChI=1S/C11H12N4OS/c1-11(8-3-7(5-12)6-17-8)4-9(16)15(2)10(13)14-11/h3,6H,4H2,1-2H3,(H2,13,14)/t11-/m0/s1. The van der Waals surface area contributed by atoms with Gasteiger partial charge in [0.15, 0.2) is 5.96 Å². The number of aliphatic imine (C=N–C) groups is 1. The van der Waals surface area contributed by atoms with Crippen LogP contribution in [0.1, 0.15) is 23.8 Å². The van der Waals surface area contributed by atoms with Gasteiger partial charge in [-0.05, 0) is 13.0 Å². The van der Waals surface area contributed by atoms with E-state index in [0.29, 0.717) is 5.56 Å². The molecule has 0 bridgehead atoms. The second-order valence-electron chi connectivity index (χ2n) is 4.18. The monoisotopic (exact) mass is 248 g/mol. The molecule has 0 radical (unpaired) electrons. The summed E-state index contributed by atoms with van der Waals surface area (Å²) in [6.45, 7) is 1.86. The van der Waals surface area contributed by atoms with E-state index in [1.165, 1.54) is 16.2 Å². The van der Waals surface area contributed by atoms with Crippen molar-refractivity contribution in [3.63, 3.8) is 0 Å². The Balaban J connectivity index is 2.44. The van der Waals surface area contributed by atoms with Crippen LogP contribution in [-0.2, 0) is 10.3 Å². The Hall–Kier alpha value is -1.87. The highest BCUT2D eigenvalue weighted by atomic mass is 32.1. The molecule has 0 saturated carbocycles. The summed E-state index contributed by atoms with van der Waals surface area (Å²) in [4.78, 5) is 18.4. The first-order valence-electron chi connectivity index (χ1n) is 5.07. The smallest absolute Gasteiger partial charge is 0.231 e. The van der Waals surface area contributed by atoms with Crippen molar-refractivity contribution < 1.29 is 4.79 Å². The van der Waals surface area contributed by atoms with Crippen LogP contribution in [0.2, 0.25) is 0 Å². The van der Waals surface area contributed by atoms with Crippen molar-refractivity contribution in [1.82, 2.24) is 4.90 Å². The number of hydrogen-bond acceptors (Lipinski definition) is 5. The minimum absolute atomic E-state index is 0.0630. The summed E-state index contributed by atoms with van der Waals surface area (Å²) in [6, 6.07) is 3.83. The Kier molecular flexibility index (Phi) is 2.63. The fourth-order valence-corrected chi connectivity index (χ4v) is 2.67. The maximum atomic E-state index is 11.8. The van der Waals surface area contributed by atoms with Gasteiger partial charge in [-0.2, -0.15) is 5.26 Å². The molecule has 1 atom stereocenters. The molecule has 0 aliphatic carbocycles. The van der Waals surface area contributed by atoms with E-state index in [-0.39, 0.29) is 18.3 Å². The maximum absolute atomic E-state index is 11.8. The van der Waals surface area contributed by atoms with Crippen LogP contribution in [0.3, 0.4) is 0 Å². The quantitative estimate of drug-likeness (QED) is 0.805. The van der Waals surface area contributed by atoms with Crippen molar-refractivity contribution in [2.24, 2.45) is 10.7 Å². The molecule has 0 spiro atoms. The average Bonchev–Trinajstić information content (AvgIpc) is 2.75. The van der Waals surface area contributed by atoms with Crippen LogP contribution >= 0.6 is 11.3 Å². The van der Waals surface area contributed by atoms with Gasteiger partial charge in [-0.25, -0.2) is 4.99 Å². The Bertz CT molecular complexity index is 542. The highest BCUT2D eigenvalue weighted by Crippen LogP contribution is 2.36. The molecule has 1 amide bonds. The molecule has 1 aromatic rings. The van der Waals surface area contributed by atoms with Gasteiger partial charge in [0, 0.05) is 17.3 Å². The SMILES string of the molecule is CN1C(=O)C[C@@](C)(c2cc(C#N)cs2)N=C1N. The fraction of sp³-hybridized carbons (Fsp3) is 0.364. The lowest BCUT2D eigenvalue weighted by molar-refractivity contribution is -0.128. The van der Waals surface area contributed by atoms with Gasteiger partial charge in [0.2, 0.25) is 5.91 Å². The van der Waals surface area contributed by atoms with Crippen molar-refractivity contribution in [2.45, 2.75) is 18.9 Å². The summed E-state index contributed by atoms with van der Waals surface area (Å²) in [5.74, 6) is 0.155. The fourth-order valence-electron chi connectivity index (χ4n) is 1.73. The minimum Gasteiger partial charge on any atom is -0.369 e. The zero-order valence-corrected chi connectivity index (χ0v) is 10.4. The largest absolute Gasteiger partial charge is 0.369 e. The Labute approximate surface area is 103 Å². The molecule has 0 aromatic carbocycles. The summed E-state index contributed by atoms with van der Waals surface area (Å²) in [6.07, 6.45) is 0.273. The highest BCUT2D eigenvalue weighted by molar-refractivity contribution is 7.10. The Morgan fingerprint density at radius 2 is 2.41 bits per heavy atom. The molecule has 5 nitrogen and oxygen atoms in total. The molecule has 17 heavy (non-hydrogen) atoms. The van der Waals surface area contributed by atoms with Gasteiger partial charge < -0.3 is 5.73 Å². The first-order chi connectivity index (χ1) is 7.96. The zero-order chi connectivity index (χ0) is 12.6. The van der Waals surface area contributed by atoms with Gasteiger partial charge in [-0.15, -0.1) is 11.3 Å². The van der Waals surface area contributed by atoms with Gasteiger partial charge in [0.05, 0.1) is 12.0 Å². The van der Waals surface area contributed by atoms with E-state index in [0.717, 1.165) is 4.88 Å². The molecule has 1 aliphatic rings. The van der Waals surface area contributed by atoms with E-state index in [9.17, 15) is 4.79 Å². The average molecular weight is 248 g/mol. The van der Waals surface area contributed by atoms with Crippen molar-refractivity contribution in [3.05, 3.63) is 21.9 Å². The lowest BCUT2D eigenvalue weighted by Crippen LogP contribution is -2.47. The van der Waals surface area contributed by atoms with Crippen LogP contribution in [0.4, 0.5) is 0 Å². The third-order valence-corrected chi connectivity index (χ3v) is 4.02. The number of thiophene rings is 1. The topological polar surface area (TPSA) is 82.5 Å². The van der Waals surface area contributed by atoms with E-state index in [2.05, 4.69) is 11.1 Å². The third-order valence-electron chi connectivity index (χ3n) is 2.83. The van der Waals surface area contributed by atoms with Crippen LogP contribution < -0.4 is 5.73 Å². The normalized spacial score (nSPS) is 24.4. The molecule has 0 fully saturated rings. The van der Waals surface area contributed by atoms with Crippen LogP contribution in [0, 0.1) is 11.3 Å². The van der Waals surface area contributed by atoms with Crippen LogP contribution in [0.25, 0.3) is 0 Å². The van der Waals surface area contributed by atoms with Gasteiger partial charge in [-0.3, -0.25) is 9.69 Å². The number of carbonyl (C=O) groups excluding carboxylic acids is 1. The summed E-state index contributed by atoms with van der Waals surface area (Å²) < 4.78 is 0. The van der Waals surface area contributed by atoms with E-state index in [1.807, 2.05) is 6.92 Å². The predicted octanol–water partition coefficient (Wildman–Crippen LogP) is 1.01. The van der Waals surface area contributed by atoms with Crippen molar-refractivity contribution >= 4 is 23.2 Å². The molecule has 1 aliphatic heterocycles. The molecule has 0 unspecified atom stereocenters. The number of nitriles is 1. The highest BCUT2D eigenvalue weighted by Gasteiger charge is 2.37. The Morgan fingerprint density at radius 3 is 2.94 bits per heavy atom. The number of amides is 1. The molecule has 0 saturated heterocycles. The van der Waals surface area contributed by atoms with Crippen molar-refractivity contribution in [2.75, 3.05) is 7.05 Å². The second-order valence-corrected chi connectivity index (χ2v) is 5.10. The number of nitrogens with zero attached hydrogens (tertiary/aromatic N) is 3. The van der Waals surface area contributed by atoms with Gasteiger partial charge >= 0.3 is 0 Å². The van der Waals surface area contributed by atoms with Crippen LogP contribution in [0.5, 0.6) is 0 Å². The van der Waals surface area contributed by atoms with Gasteiger partial charge in [-0.1, -0.05) is 0 Å². The third kappa shape index (κ3) is 1.89. The number of carbonyl (C=O) groups is 1. The zero-order valence-electron chi connectivity index (χ0n) is 9.60. The molecule has 2 N–H and O–H groups in total. The molecule has 6 heteroatoms. The van der Waals surface area contributed by atoms with E-state index >= 15 is 0 Å². The molecular formula is C11H12N4OS. The second kappa shape index (κ2) is 3.86. The van der Waals surface area contributed by atoms with E-state index < -0.39 is 5.54 Å². The number of guanidine groups is 1. The van der Waals surface area contributed by atoms with Crippen molar-refractivity contribution in [3.8, 4) is 6.07 Å². The number of rotatable bonds is 1. The predicted molar refractivity (Wildman–Crippen MR) is 65.4 cm³/mol. The Morgan fingerprint density at radius 1 is 1.71 bits per heavy atom. The maximum Gasteiger partial charge on any atom is 0.231 e. The minimum atomic E-state index is -0.645. The van der Waals surface area contributed by atoms with Crippen molar-refractivity contribution in [1.29, 1.82) is 5.26 Å². The molecule has 2 rings (SSSR count). The van der Waals surface area contributed by atoms with Gasteiger partial charge in [0.25, 0.3) is 0 Å². The summed E-state index contributed by atoms with van der Waals surface area (Å²) in [7, 11) is 1.61. The van der Waals surface area contributed by atoms with Crippen LogP contribution in [-0.4, -0.2) is 23.8 Å². The lowest BCUT2D eigenvalue weighted by Gasteiger charge is -2.32.